The maximum absolute atomic E-state index is 12.5. The number of piperazine rings is 1. The Morgan fingerprint density at radius 3 is 2.40 bits per heavy atom. The Balaban J connectivity index is 1.76. The van der Waals surface area contributed by atoms with Crippen molar-refractivity contribution in [2.24, 2.45) is 5.92 Å². The Kier molecular flexibility index (Phi) is 3.24. The number of amides is 2. The molecule has 3 rings (SSSR count). The molecular formula is C16H20N2O2. The number of anilines is 1. The van der Waals surface area contributed by atoms with Crippen LogP contribution in [0.4, 0.5) is 5.69 Å². The van der Waals surface area contributed by atoms with Crippen molar-refractivity contribution in [3.05, 3.63) is 29.8 Å². The third-order valence-corrected chi connectivity index (χ3v) is 4.21. The van der Waals surface area contributed by atoms with Gasteiger partial charge in [0.2, 0.25) is 11.8 Å². The molecule has 1 unspecified atom stereocenters. The first-order chi connectivity index (χ1) is 9.58. The van der Waals surface area contributed by atoms with Gasteiger partial charge in [-0.3, -0.25) is 9.59 Å². The fourth-order valence-electron chi connectivity index (χ4n) is 2.72. The standard InChI is InChI=1S/C16H20N2O2/c1-11-3-7-14(8-4-11)18-10-9-17(12(2)15(18)19)16(20)13-5-6-13/h3-4,7-8,12-13H,5-6,9-10H2,1-2H3. The summed E-state index contributed by atoms with van der Waals surface area (Å²) in [6.07, 6.45) is 1.97. The van der Waals surface area contributed by atoms with Crippen molar-refractivity contribution < 1.29 is 9.59 Å². The van der Waals surface area contributed by atoms with Crippen molar-refractivity contribution in [2.75, 3.05) is 18.0 Å². The molecule has 1 saturated carbocycles. The Morgan fingerprint density at radius 1 is 1.15 bits per heavy atom. The second kappa shape index (κ2) is 4.93. The molecule has 2 fully saturated rings. The lowest BCUT2D eigenvalue weighted by molar-refractivity contribution is -0.141. The van der Waals surface area contributed by atoms with Crippen molar-refractivity contribution in [1.82, 2.24) is 4.90 Å². The van der Waals surface area contributed by atoms with E-state index in [1.54, 1.807) is 9.80 Å². The summed E-state index contributed by atoms with van der Waals surface area (Å²) in [5.41, 5.74) is 2.10. The topological polar surface area (TPSA) is 40.6 Å². The van der Waals surface area contributed by atoms with Gasteiger partial charge in [-0.2, -0.15) is 0 Å². The van der Waals surface area contributed by atoms with E-state index in [4.69, 9.17) is 0 Å². The van der Waals surface area contributed by atoms with Crippen LogP contribution in [0.25, 0.3) is 0 Å². The molecular weight excluding hydrogens is 252 g/mol. The zero-order valence-corrected chi connectivity index (χ0v) is 12.0. The average Bonchev–Trinajstić information content (AvgIpc) is 3.27. The van der Waals surface area contributed by atoms with E-state index in [0.717, 1.165) is 18.5 Å². The maximum atomic E-state index is 12.5. The number of benzene rings is 1. The van der Waals surface area contributed by atoms with Gasteiger partial charge in [0.25, 0.3) is 0 Å². The Morgan fingerprint density at radius 2 is 1.80 bits per heavy atom. The van der Waals surface area contributed by atoms with Crippen molar-refractivity contribution in [1.29, 1.82) is 0 Å². The molecule has 1 aromatic carbocycles. The third-order valence-electron chi connectivity index (χ3n) is 4.21. The molecule has 1 aliphatic carbocycles. The smallest absolute Gasteiger partial charge is 0.249 e. The summed E-state index contributed by atoms with van der Waals surface area (Å²) >= 11 is 0. The third kappa shape index (κ3) is 2.30. The van der Waals surface area contributed by atoms with E-state index in [1.165, 1.54) is 5.56 Å². The summed E-state index contributed by atoms with van der Waals surface area (Å²) in [6, 6.07) is 7.61. The number of carbonyl (C=O) groups excluding carboxylic acids is 2. The summed E-state index contributed by atoms with van der Waals surface area (Å²) in [7, 11) is 0. The molecule has 1 atom stereocenters. The van der Waals surface area contributed by atoms with Crippen LogP contribution in [0.3, 0.4) is 0 Å². The van der Waals surface area contributed by atoms with E-state index < -0.39 is 0 Å². The lowest BCUT2D eigenvalue weighted by Crippen LogP contribution is -2.58. The molecule has 1 saturated heterocycles. The Hall–Kier alpha value is -1.84. The largest absolute Gasteiger partial charge is 0.329 e. The fourth-order valence-corrected chi connectivity index (χ4v) is 2.72. The first kappa shape index (κ1) is 13.2. The van der Waals surface area contributed by atoms with Crippen LogP contribution in [0.1, 0.15) is 25.3 Å². The monoisotopic (exact) mass is 272 g/mol. The Labute approximate surface area is 119 Å². The molecule has 0 bridgehead atoms. The number of aryl methyl sites for hydroxylation is 1. The van der Waals surface area contributed by atoms with E-state index in [2.05, 4.69) is 0 Å². The van der Waals surface area contributed by atoms with Crippen LogP contribution in [0.2, 0.25) is 0 Å². The van der Waals surface area contributed by atoms with Crippen molar-refractivity contribution >= 4 is 17.5 Å². The summed E-state index contributed by atoms with van der Waals surface area (Å²) in [5, 5.41) is 0. The van der Waals surface area contributed by atoms with Gasteiger partial charge in [-0.15, -0.1) is 0 Å². The predicted molar refractivity (Wildman–Crippen MR) is 77.4 cm³/mol. The minimum atomic E-state index is -0.349. The van der Waals surface area contributed by atoms with E-state index in [9.17, 15) is 9.59 Å². The van der Waals surface area contributed by atoms with Gasteiger partial charge in [0.15, 0.2) is 0 Å². The van der Waals surface area contributed by atoms with Gasteiger partial charge in [0, 0.05) is 24.7 Å². The van der Waals surface area contributed by atoms with Crippen molar-refractivity contribution in [2.45, 2.75) is 32.7 Å². The fraction of sp³-hybridized carbons (Fsp3) is 0.500. The summed E-state index contributed by atoms with van der Waals surface area (Å²) in [6.45, 7) is 5.09. The molecule has 0 spiro atoms. The van der Waals surface area contributed by atoms with Crippen LogP contribution < -0.4 is 4.90 Å². The molecule has 1 heterocycles. The molecule has 1 aliphatic heterocycles. The lowest BCUT2D eigenvalue weighted by atomic mass is 10.1. The van der Waals surface area contributed by atoms with Crippen LogP contribution in [0.15, 0.2) is 24.3 Å². The minimum Gasteiger partial charge on any atom is -0.329 e. The number of carbonyl (C=O) groups is 2. The molecule has 106 valence electrons. The van der Waals surface area contributed by atoms with E-state index in [-0.39, 0.29) is 23.8 Å². The second-order valence-electron chi connectivity index (χ2n) is 5.81. The minimum absolute atomic E-state index is 0.0223. The number of rotatable bonds is 2. The Bertz CT molecular complexity index is 534. The molecule has 20 heavy (non-hydrogen) atoms. The number of hydrogen-bond donors (Lipinski definition) is 0. The average molecular weight is 272 g/mol. The quantitative estimate of drug-likeness (QED) is 0.826. The van der Waals surface area contributed by atoms with E-state index >= 15 is 0 Å². The first-order valence-corrected chi connectivity index (χ1v) is 7.26. The normalized spacial score (nSPS) is 23.1. The highest BCUT2D eigenvalue weighted by Crippen LogP contribution is 2.32. The predicted octanol–water partition coefficient (Wildman–Crippen LogP) is 1.97. The molecule has 0 radical (unpaired) electrons. The zero-order valence-electron chi connectivity index (χ0n) is 12.0. The van der Waals surface area contributed by atoms with Gasteiger partial charge >= 0.3 is 0 Å². The summed E-state index contributed by atoms with van der Waals surface area (Å²) in [4.78, 5) is 28.2. The molecule has 2 aliphatic rings. The van der Waals surface area contributed by atoms with Crippen molar-refractivity contribution in [3.63, 3.8) is 0 Å². The SMILES string of the molecule is Cc1ccc(N2CCN(C(=O)C3CC3)C(C)C2=O)cc1. The van der Waals surface area contributed by atoms with Gasteiger partial charge in [0.1, 0.15) is 6.04 Å². The van der Waals surface area contributed by atoms with Crippen LogP contribution in [0.5, 0.6) is 0 Å². The van der Waals surface area contributed by atoms with Crippen LogP contribution in [-0.2, 0) is 9.59 Å². The molecule has 2 amide bonds. The van der Waals surface area contributed by atoms with Crippen molar-refractivity contribution in [3.8, 4) is 0 Å². The molecule has 4 heteroatoms. The summed E-state index contributed by atoms with van der Waals surface area (Å²) in [5.74, 6) is 0.361. The van der Waals surface area contributed by atoms with E-state index in [0.29, 0.717) is 13.1 Å². The molecule has 4 nitrogen and oxygen atoms in total. The first-order valence-electron chi connectivity index (χ1n) is 7.26. The van der Waals surface area contributed by atoms with Gasteiger partial charge in [-0.1, -0.05) is 17.7 Å². The molecule has 0 N–H and O–H groups in total. The zero-order chi connectivity index (χ0) is 14.3. The molecule has 0 aromatic heterocycles. The molecule has 1 aromatic rings. The highest BCUT2D eigenvalue weighted by molar-refractivity contribution is 6.00. The van der Waals surface area contributed by atoms with Gasteiger partial charge in [-0.25, -0.2) is 0 Å². The summed E-state index contributed by atoms with van der Waals surface area (Å²) < 4.78 is 0. The van der Waals surface area contributed by atoms with Gasteiger partial charge < -0.3 is 9.80 Å². The van der Waals surface area contributed by atoms with Gasteiger partial charge in [-0.05, 0) is 38.8 Å². The highest BCUT2D eigenvalue weighted by atomic mass is 16.2. The van der Waals surface area contributed by atoms with Crippen LogP contribution >= 0.6 is 0 Å². The van der Waals surface area contributed by atoms with Crippen LogP contribution in [-0.4, -0.2) is 35.8 Å². The van der Waals surface area contributed by atoms with E-state index in [1.807, 2.05) is 38.1 Å². The highest BCUT2D eigenvalue weighted by Gasteiger charge is 2.40. The number of nitrogens with zero attached hydrogens (tertiary/aromatic N) is 2. The second-order valence-corrected chi connectivity index (χ2v) is 5.81. The maximum Gasteiger partial charge on any atom is 0.249 e. The van der Waals surface area contributed by atoms with Gasteiger partial charge in [0.05, 0.1) is 0 Å². The number of hydrogen-bond acceptors (Lipinski definition) is 2. The van der Waals surface area contributed by atoms with Crippen LogP contribution in [0, 0.1) is 12.8 Å². The lowest BCUT2D eigenvalue weighted by Gasteiger charge is -2.39.